The Kier molecular flexibility index (Phi) is 6.46. The van der Waals surface area contributed by atoms with Crippen LogP contribution in [0, 0.1) is 0 Å². The average Bonchev–Trinajstić information content (AvgIpc) is 3.08. The van der Waals surface area contributed by atoms with Crippen molar-refractivity contribution in [2.45, 2.75) is 19.8 Å². The van der Waals surface area contributed by atoms with Crippen molar-refractivity contribution in [3.8, 4) is 11.5 Å². The van der Waals surface area contributed by atoms with Crippen molar-refractivity contribution in [1.29, 1.82) is 0 Å². The van der Waals surface area contributed by atoms with Crippen LogP contribution in [0.5, 0.6) is 11.5 Å². The quantitative estimate of drug-likeness (QED) is 0.471. The van der Waals surface area contributed by atoms with Gasteiger partial charge in [0, 0.05) is 31.3 Å². The van der Waals surface area contributed by atoms with Crippen molar-refractivity contribution in [3.63, 3.8) is 0 Å². The van der Waals surface area contributed by atoms with Gasteiger partial charge in [0.2, 0.25) is 0 Å². The molecule has 0 bridgehead atoms. The highest BCUT2D eigenvalue weighted by Crippen LogP contribution is 2.36. The minimum Gasteiger partial charge on any atom is -0.496 e. The average molecular weight is 336 g/mol. The molecule has 126 valence electrons. The van der Waals surface area contributed by atoms with E-state index >= 15 is 0 Å². The van der Waals surface area contributed by atoms with E-state index in [2.05, 4.69) is 20.7 Å². The van der Waals surface area contributed by atoms with Crippen molar-refractivity contribution in [1.82, 2.24) is 10.7 Å². The van der Waals surface area contributed by atoms with Gasteiger partial charge in [-0.3, -0.25) is 5.43 Å². The molecule has 2 N–H and O–H groups in total. The first-order valence-electron chi connectivity index (χ1n) is 7.77. The van der Waals surface area contributed by atoms with Gasteiger partial charge in [0.15, 0.2) is 5.11 Å². The number of hydrogen-bond acceptors (Lipinski definition) is 5. The normalized spacial score (nSPS) is 14.1. The molecule has 0 radical (unpaired) electrons. The van der Waals surface area contributed by atoms with Crippen molar-refractivity contribution in [3.05, 3.63) is 17.7 Å². The van der Waals surface area contributed by atoms with E-state index in [0.717, 1.165) is 42.4 Å². The molecule has 0 unspecified atom stereocenters. The highest BCUT2D eigenvalue weighted by Gasteiger charge is 2.19. The maximum absolute atomic E-state index is 5.55. The topological polar surface area (TPSA) is 58.1 Å². The molecule has 1 aliphatic rings. The first-order valence-corrected chi connectivity index (χ1v) is 8.18. The van der Waals surface area contributed by atoms with E-state index in [0.29, 0.717) is 5.11 Å². The molecule has 1 heterocycles. The van der Waals surface area contributed by atoms with Crippen molar-refractivity contribution < 1.29 is 9.47 Å². The van der Waals surface area contributed by atoms with Crippen molar-refractivity contribution >= 4 is 29.2 Å². The van der Waals surface area contributed by atoms with Gasteiger partial charge in [-0.1, -0.05) is 0 Å². The fourth-order valence-electron chi connectivity index (χ4n) is 2.57. The zero-order chi connectivity index (χ0) is 16.7. The van der Waals surface area contributed by atoms with Gasteiger partial charge in [-0.15, -0.1) is 0 Å². The van der Waals surface area contributed by atoms with Gasteiger partial charge in [-0.05, 0) is 38.0 Å². The number of nitrogens with one attached hydrogen (secondary N) is 2. The Morgan fingerprint density at radius 2 is 1.96 bits per heavy atom. The molecule has 7 heteroatoms. The van der Waals surface area contributed by atoms with Crippen molar-refractivity contribution in [2.75, 3.05) is 38.8 Å². The molecule has 1 aromatic carbocycles. The number of rotatable bonds is 6. The summed E-state index contributed by atoms with van der Waals surface area (Å²) < 4.78 is 11.0. The Balaban J connectivity index is 2.22. The molecule has 1 fully saturated rings. The molecule has 0 aromatic heterocycles. The third-order valence-electron chi connectivity index (χ3n) is 3.69. The maximum atomic E-state index is 5.55. The summed E-state index contributed by atoms with van der Waals surface area (Å²) in [5.41, 5.74) is 4.67. The van der Waals surface area contributed by atoms with Gasteiger partial charge >= 0.3 is 0 Å². The SMILES string of the molecule is CCNC(=S)NN=Cc1cc(OC)c(N2CCCC2)cc1OC. The predicted octanol–water partition coefficient (Wildman–Crippen LogP) is 2.12. The molecule has 0 aliphatic carbocycles. The van der Waals surface area contributed by atoms with Crippen LogP contribution in [0.2, 0.25) is 0 Å². The lowest BCUT2D eigenvalue weighted by Crippen LogP contribution is -2.31. The van der Waals surface area contributed by atoms with Crippen LogP contribution < -0.4 is 25.1 Å². The third-order valence-corrected chi connectivity index (χ3v) is 3.92. The summed E-state index contributed by atoms with van der Waals surface area (Å²) >= 11 is 5.07. The summed E-state index contributed by atoms with van der Waals surface area (Å²) in [6.45, 7) is 4.82. The predicted molar refractivity (Wildman–Crippen MR) is 98.0 cm³/mol. The van der Waals surface area contributed by atoms with E-state index < -0.39 is 0 Å². The fraction of sp³-hybridized carbons (Fsp3) is 0.500. The number of hydrazone groups is 1. The number of methoxy groups -OCH3 is 2. The molecule has 1 saturated heterocycles. The van der Waals surface area contributed by atoms with E-state index in [4.69, 9.17) is 21.7 Å². The van der Waals surface area contributed by atoms with E-state index in [1.165, 1.54) is 12.8 Å². The summed E-state index contributed by atoms with van der Waals surface area (Å²) in [6, 6.07) is 3.95. The molecule has 6 nitrogen and oxygen atoms in total. The summed E-state index contributed by atoms with van der Waals surface area (Å²) in [5.74, 6) is 1.58. The zero-order valence-electron chi connectivity index (χ0n) is 13.9. The van der Waals surface area contributed by atoms with Crippen LogP contribution in [0.25, 0.3) is 0 Å². The molecule has 0 atom stereocenters. The van der Waals surface area contributed by atoms with Gasteiger partial charge in [0.25, 0.3) is 0 Å². The Bertz CT molecular complexity index is 571. The maximum Gasteiger partial charge on any atom is 0.186 e. The summed E-state index contributed by atoms with van der Waals surface area (Å²) in [6.07, 6.45) is 4.10. The molecule has 0 amide bonds. The van der Waals surface area contributed by atoms with Crippen LogP contribution >= 0.6 is 12.2 Å². The molecule has 0 saturated carbocycles. The number of anilines is 1. The molecule has 0 spiro atoms. The Hall–Kier alpha value is -2.02. The Morgan fingerprint density at radius 3 is 2.57 bits per heavy atom. The largest absolute Gasteiger partial charge is 0.496 e. The standard InChI is InChI=1S/C16H24N4O2S/c1-4-17-16(23)19-18-11-12-9-15(22-3)13(10-14(12)21-2)20-7-5-6-8-20/h9-11H,4-8H2,1-3H3,(H2,17,19,23). The second-order valence-electron chi connectivity index (χ2n) is 5.19. The van der Waals surface area contributed by atoms with Crippen LogP contribution in [-0.2, 0) is 0 Å². The summed E-state index contributed by atoms with van der Waals surface area (Å²) in [7, 11) is 3.34. The van der Waals surface area contributed by atoms with Gasteiger partial charge < -0.3 is 19.7 Å². The van der Waals surface area contributed by atoms with Crippen molar-refractivity contribution in [2.24, 2.45) is 5.10 Å². The first-order chi connectivity index (χ1) is 11.2. The molecule has 23 heavy (non-hydrogen) atoms. The number of ether oxygens (including phenoxy) is 2. The molecular weight excluding hydrogens is 312 g/mol. The molecule has 2 rings (SSSR count). The van der Waals surface area contributed by atoms with Gasteiger partial charge in [0.05, 0.1) is 26.1 Å². The van der Waals surface area contributed by atoms with Crippen LogP contribution in [0.15, 0.2) is 17.2 Å². The lowest BCUT2D eigenvalue weighted by molar-refractivity contribution is 0.402. The van der Waals surface area contributed by atoms with E-state index in [1.54, 1.807) is 20.4 Å². The monoisotopic (exact) mass is 336 g/mol. The zero-order valence-corrected chi connectivity index (χ0v) is 14.7. The smallest absolute Gasteiger partial charge is 0.186 e. The first kappa shape index (κ1) is 17.3. The molecule has 1 aromatic rings. The van der Waals surface area contributed by atoms with E-state index in [1.807, 2.05) is 19.1 Å². The van der Waals surface area contributed by atoms with Gasteiger partial charge in [-0.2, -0.15) is 5.10 Å². The Morgan fingerprint density at radius 1 is 1.26 bits per heavy atom. The van der Waals surface area contributed by atoms with Crippen LogP contribution in [0.1, 0.15) is 25.3 Å². The van der Waals surface area contributed by atoms with Crippen LogP contribution in [0.3, 0.4) is 0 Å². The third kappa shape index (κ3) is 4.48. The number of thiocarbonyl (C=S) groups is 1. The molecular formula is C16H24N4O2S. The number of nitrogens with zero attached hydrogens (tertiary/aromatic N) is 2. The van der Waals surface area contributed by atoms with Crippen LogP contribution in [0.4, 0.5) is 5.69 Å². The second kappa shape index (κ2) is 8.57. The Labute approximate surface area is 142 Å². The minimum absolute atomic E-state index is 0.489. The van der Waals surface area contributed by atoms with E-state index in [-0.39, 0.29) is 0 Å². The van der Waals surface area contributed by atoms with Gasteiger partial charge in [-0.25, -0.2) is 0 Å². The summed E-state index contributed by atoms with van der Waals surface area (Å²) in [5, 5.41) is 7.61. The lowest BCUT2D eigenvalue weighted by Gasteiger charge is -2.22. The fourth-order valence-corrected chi connectivity index (χ4v) is 2.77. The van der Waals surface area contributed by atoms with Crippen LogP contribution in [-0.4, -0.2) is 45.2 Å². The minimum atomic E-state index is 0.489. The number of benzene rings is 1. The molecule has 1 aliphatic heterocycles. The highest BCUT2D eigenvalue weighted by molar-refractivity contribution is 7.80. The second-order valence-corrected chi connectivity index (χ2v) is 5.60. The number of hydrogen-bond donors (Lipinski definition) is 2. The summed E-state index contributed by atoms with van der Waals surface area (Å²) in [4.78, 5) is 2.32. The highest BCUT2D eigenvalue weighted by atomic mass is 32.1. The lowest BCUT2D eigenvalue weighted by atomic mass is 10.1. The van der Waals surface area contributed by atoms with E-state index in [9.17, 15) is 0 Å². The van der Waals surface area contributed by atoms with Gasteiger partial charge in [0.1, 0.15) is 11.5 Å².